The molecule has 0 aromatic heterocycles. The third-order valence-corrected chi connectivity index (χ3v) is 2.58. The van der Waals surface area contributed by atoms with Gasteiger partial charge in [-0.25, -0.2) is 4.79 Å². The molecule has 1 fully saturated rings. The molecule has 1 aliphatic heterocycles. The molecule has 0 aliphatic carbocycles. The molecule has 1 aliphatic rings. The van der Waals surface area contributed by atoms with Crippen molar-refractivity contribution in [2.45, 2.75) is 44.3 Å². The van der Waals surface area contributed by atoms with Crippen molar-refractivity contribution in [2.75, 3.05) is 13.2 Å². The van der Waals surface area contributed by atoms with Gasteiger partial charge in [0, 0.05) is 12.8 Å². The van der Waals surface area contributed by atoms with Crippen LogP contribution < -0.4 is 0 Å². The van der Waals surface area contributed by atoms with Crippen LogP contribution in [-0.2, 0) is 14.3 Å². The number of ether oxygens (including phenoxy) is 2. The first-order chi connectivity index (χ1) is 7.36. The Balaban J connectivity index is 2.19. The second kappa shape index (κ2) is 5.05. The summed E-state index contributed by atoms with van der Waals surface area (Å²) in [5.74, 6) is -6.37. The SMILES string of the molecule is CC1(CCCCC(F)(F)C(=O)O)OCCO1. The number of carboxylic acids is 1. The van der Waals surface area contributed by atoms with Crippen LogP contribution in [-0.4, -0.2) is 36.0 Å². The summed E-state index contributed by atoms with van der Waals surface area (Å²) < 4.78 is 35.9. The number of halogens is 2. The standard InChI is InChI=1S/C10H16F2O4/c1-9(15-6-7-16-9)4-2-3-5-10(11,12)8(13)14/h2-7H2,1H3,(H,13,14). The molecule has 16 heavy (non-hydrogen) atoms. The fourth-order valence-electron chi connectivity index (χ4n) is 1.60. The van der Waals surface area contributed by atoms with Crippen molar-refractivity contribution in [2.24, 2.45) is 0 Å². The lowest BCUT2D eigenvalue weighted by molar-refractivity contribution is -0.166. The van der Waals surface area contributed by atoms with Gasteiger partial charge in [-0.2, -0.15) is 8.78 Å². The highest BCUT2D eigenvalue weighted by Gasteiger charge is 2.38. The zero-order valence-corrected chi connectivity index (χ0v) is 9.17. The molecular formula is C10H16F2O4. The Morgan fingerprint density at radius 2 is 1.94 bits per heavy atom. The van der Waals surface area contributed by atoms with Gasteiger partial charge >= 0.3 is 11.9 Å². The highest BCUT2D eigenvalue weighted by molar-refractivity contribution is 5.75. The number of rotatable bonds is 6. The Morgan fingerprint density at radius 3 is 2.44 bits per heavy atom. The third kappa shape index (κ3) is 3.68. The molecule has 0 unspecified atom stereocenters. The van der Waals surface area contributed by atoms with E-state index in [1.165, 1.54) is 0 Å². The van der Waals surface area contributed by atoms with Crippen LogP contribution in [0.2, 0.25) is 0 Å². The van der Waals surface area contributed by atoms with Gasteiger partial charge in [-0.05, 0) is 19.8 Å². The number of carboxylic acid groups (broad SMARTS) is 1. The predicted molar refractivity (Wildman–Crippen MR) is 51.4 cm³/mol. The van der Waals surface area contributed by atoms with Crippen LogP contribution in [0.15, 0.2) is 0 Å². The molecule has 1 heterocycles. The maximum absolute atomic E-state index is 12.7. The molecule has 1 saturated heterocycles. The number of hydrogen-bond donors (Lipinski definition) is 1. The van der Waals surface area contributed by atoms with E-state index < -0.39 is 24.1 Å². The lowest BCUT2D eigenvalue weighted by atomic mass is 10.1. The van der Waals surface area contributed by atoms with Crippen molar-refractivity contribution in [3.8, 4) is 0 Å². The molecule has 94 valence electrons. The van der Waals surface area contributed by atoms with Crippen LogP contribution in [0.4, 0.5) is 8.78 Å². The molecular weight excluding hydrogens is 222 g/mol. The molecule has 0 aromatic carbocycles. The summed E-state index contributed by atoms with van der Waals surface area (Å²) in [4.78, 5) is 10.1. The van der Waals surface area contributed by atoms with Crippen molar-refractivity contribution in [1.82, 2.24) is 0 Å². The van der Waals surface area contributed by atoms with Crippen molar-refractivity contribution >= 4 is 5.97 Å². The first-order valence-corrected chi connectivity index (χ1v) is 5.25. The lowest BCUT2D eigenvalue weighted by Gasteiger charge is -2.22. The Morgan fingerprint density at radius 1 is 1.38 bits per heavy atom. The fourth-order valence-corrected chi connectivity index (χ4v) is 1.60. The second-order valence-corrected chi connectivity index (χ2v) is 4.05. The third-order valence-electron chi connectivity index (χ3n) is 2.58. The van der Waals surface area contributed by atoms with Crippen molar-refractivity contribution in [1.29, 1.82) is 0 Å². The van der Waals surface area contributed by atoms with Gasteiger partial charge < -0.3 is 14.6 Å². The maximum Gasteiger partial charge on any atom is 0.374 e. The van der Waals surface area contributed by atoms with Gasteiger partial charge in [0.2, 0.25) is 0 Å². The Kier molecular flexibility index (Phi) is 4.21. The smallest absolute Gasteiger partial charge is 0.374 e. The van der Waals surface area contributed by atoms with Crippen LogP contribution in [0.3, 0.4) is 0 Å². The largest absolute Gasteiger partial charge is 0.477 e. The van der Waals surface area contributed by atoms with Crippen LogP contribution in [0.1, 0.15) is 32.6 Å². The fraction of sp³-hybridized carbons (Fsp3) is 0.900. The molecule has 0 aromatic rings. The van der Waals surface area contributed by atoms with E-state index in [0.717, 1.165) is 0 Å². The van der Waals surface area contributed by atoms with Crippen molar-refractivity contribution < 1.29 is 28.2 Å². The number of carbonyl (C=O) groups is 1. The maximum atomic E-state index is 12.7. The van der Waals surface area contributed by atoms with E-state index in [1.54, 1.807) is 6.92 Å². The summed E-state index contributed by atoms with van der Waals surface area (Å²) in [6.07, 6.45) is 0.460. The van der Waals surface area contributed by atoms with E-state index in [-0.39, 0.29) is 6.42 Å². The number of unbranched alkanes of at least 4 members (excludes halogenated alkanes) is 1. The van der Waals surface area contributed by atoms with Crippen LogP contribution >= 0.6 is 0 Å². The minimum absolute atomic E-state index is 0.140. The Hall–Kier alpha value is -0.750. The molecule has 1 rings (SSSR count). The average molecular weight is 238 g/mol. The monoisotopic (exact) mass is 238 g/mol. The summed E-state index contributed by atoms with van der Waals surface area (Å²) in [6.45, 7) is 2.79. The molecule has 0 amide bonds. The summed E-state index contributed by atoms with van der Waals surface area (Å²) >= 11 is 0. The van der Waals surface area contributed by atoms with Crippen LogP contribution in [0, 0.1) is 0 Å². The van der Waals surface area contributed by atoms with E-state index in [1.807, 2.05) is 0 Å². The highest BCUT2D eigenvalue weighted by atomic mass is 19.3. The second-order valence-electron chi connectivity index (χ2n) is 4.05. The molecule has 0 radical (unpaired) electrons. The van der Waals surface area contributed by atoms with E-state index in [9.17, 15) is 13.6 Å². The molecule has 0 spiro atoms. The Bertz CT molecular complexity index is 249. The minimum Gasteiger partial charge on any atom is -0.477 e. The molecule has 0 saturated carbocycles. The topological polar surface area (TPSA) is 55.8 Å². The average Bonchev–Trinajstić information content (AvgIpc) is 2.60. The molecule has 1 N–H and O–H groups in total. The van der Waals surface area contributed by atoms with E-state index in [2.05, 4.69) is 0 Å². The van der Waals surface area contributed by atoms with Crippen molar-refractivity contribution in [3.63, 3.8) is 0 Å². The zero-order valence-electron chi connectivity index (χ0n) is 9.17. The lowest BCUT2D eigenvalue weighted by Crippen LogP contribution is -2.28. The van der Waals surface area contributed by atoms with Gasteiger partial charge in [0.15, 0.2) is 5.79 Å². The van der Waals surface area contributed by atoms with E-state index >= 15 is 0 Å². The molecule has 0 atom stereocenters. The summed E-state index contributed by atoms with van der Waals surface area (Å²) in [6, 6.07) is 0. The van der Waals surface area contributed by atoms with Crippen molar-refractivity contribution in [3.05, 3.63) is 0 Å². The van der Waals surface area contributed by atoms with Gasteiger partial charge in [-0.15, -0.1) is 0 Å². The van der Waals surface area contributed by atoms with Crippen LogP contribution in [0.25, 0.3) is 0 Å². The quantitative estimate of drug-likeness (QED) is 0.719. The molecule has 6 heteroatoms. The van der Waals surface area contributed by atoms with E-state index in [4.69, 9.17) is 14.6 Å². The minimum atomic E-state index is -3.63. The van der Waals surface area contributed by atoms with E-state index in [0.29, 0.717) is 26.1 Å². The normalized spacial score (nSPS) is 19.9. The molecule has 4 nitrogen and oxygen atoms in total. The number of aliphatic carboxylic acids is 1. The van der Waals surface area contributed by atoms with Gasteiger partial charge in [-0.1, -0.05) is 0 Å². The summed E-state index contributed by atoms with van der Waals surface area (Å²) in [7, 11) is 0. The van der Waals surface area contributed by atoms with Crippen LogP contribution in [0.5, 0.6) is 0 Å². The Labute approximate surface area is 92.5 Å². The molecule has 0 bridgehead atoms. The van der Waals surface area contributed by atoms with Gasteiger partial charge in [0.25, 0.3) is 0 Å². The number of hydrogen-bond acceptors (Lipinski definition) is 3. The van der Waals surface area contributed by atoms with Gasteiger partial charge in [-0.3, -0.25) is 0 Å². The summed E-state index contributed by atoms with van der Waals surface area (Å²) in [5, 5.41) is 8.20. The first-order valence-electron chi connectivity index (χ1n) is 5.25. The summed E-state index contributed by atoms with van der Waals surface area (Å²) in [5.41, 5.74) is 0. The highest BCUT2D eigenvalue weighted by Crippen LogP contribution is 2.27. The zero-order chi connectivity index (χ0) is 12.2. The van der Waals surface area contributed by atoms with Gasteiger partial charge in [0.05, 0.1) is 13.2 Å². The van der Waals surface area contributed by atoms with Gasteiger partial charge in [0.1, 0.15) is 0 Å². The first kappa shape index (κ1) is 13.3. The predicted octanol–water partition coefficient (Wildman–Crippen LogP) is 2.03. The number of alkyl halides is 2.